The standard InChI is InChI=1S/C20H25N3O5/c1-5-27-14-9-7-6-8-12(14)17-16-13(11-28-18(16)25)23(19(26)21-17)10-15(24)22-20(2,3)4/h6-9,17H,5,10-11H2,1-4H3,(H,21,26)(H,22,24). The Morgan fingerprint density at radius 3 is 2.71 bits per heavy atom. The van der Waals surface area contributed by atoms with Crippen LogP contribution in [0.2, 0.25) is 0 Å². The van der Waals surface area contributed by atoms with Crippen LogP contribution in [0, 0.1) is 0 Å². The highest BCUT2D eigenvalue weighted by molar-refractivity contribution is 5.98. The van der Waals surface area contributed by atoms with Crippen molar-refractivity contribution in [3.05, 3.63) is 41.1 Å². The molecule has 2 aliphatic rings. The van der Waals surface area contributed by atoms with E-state index in [1.165, 1.54) is 4.90 Å². The van der Waals surface area contributed by atoms with Crippen molar-refractivity contribution in [2.24, 2.45) is 0 Å². The number of rotatable bonds is 5. The van der Waals surface area contributed by atoms with E-state index in [9.17, 15) is 14.4 Å². The fourth-order valence-corrected chi connectivity index (χ4v) is 3.32. The maximum atomic E-state index is 12.8. The van der Waals surface area contributed by atoms with Gasteiger partial charge in [-0.15, -0.1) is 0 Å². The first-order valence-corrected chi connectivity index (χ1v) is 9.22. The van der Waals surface area contributed by atoms with Crippen LogP contribution in [0.5, 0.6) is 5.75 Å². The number of urea groups is 1. The Kier molecular flexibility index (Phi) is 5.31. The third-order valence-corrected chi connectivity index (χ3v) is 4.34. The number of nitrogens with zero attached hydrogens (tertiary/aromatic N) is 1. The Labute approximate surface area is 163 Å². The van der Waals surface area contributed by atoms with Gasteiger partial charge in [0.1, 0.15) is 18.9 Å². The van der Waals surface area contributed by atoms with Crippen molar-refractivity contribution in [3.63, 3.8) is 0 Å². The third kappa shape index (κ3) is 3.95. The van der Waals surface area contributed by atoms with E-state index < -0.39 is 23.6 Å². The molecule has 1 aromatic carbocycles. The van der Waals surface area contributed by atoms with Crippen molar-refractivity contribution in [2.75, 3.05) is 19.8 Å². The number of hydrogen-bond donors (Lipinski definition) is 2. The van der Waals surface area contributed by atoms with Crippen LogP contribution in [0.1, 0.15) is 39.3 Å². The van der Waals surface area contributed by atoms with Gasteiger partial charge in [-0.3, -0.25) is 9.69 Å². The van der Waals surface area contributed by atoms with E-state index in [1.807, 2.05) is 39.8 Å². The second-order valence-corrected chi connectivity index (χ2v) is 7.67. The number of hydrogen-bond acceptors (Lipinski definition) is 5. The van der Waals surface area contributed by atoms with Crippen LogP contribution in [-0.2, 0) is 14.3 Å². The SMILES string of the molecule is CCOc1ccccc1C1NC(=O)N(CC(=O)NC(C)(C)C)C2=C1C(=O)OC2. The largest absolute Gasteiger partial charge is 0.494 e. The number of carbonyl (C=O) groups excluding carboxylic acids is 3. The van der Waals surface area contributed by atoms with Crippen LogP contribution >= 0.6 is 0 Å². The fourth-order valence-electron chi connectivity index (χ4n) is 3.32. The maximum Gasteiger partial charge on any atom is 0.338 e. The highest BCUT2D eigenvalue weighted by atomic mass is 16.5. The Balaban J connectivity index is 1.95. The number of para-hydroxylation sites is 1. The lowest BCUT2D eigenvalue weighted by Crippen LogP contribution is -2.52. The molecule has 3 rings (SSSR count). The smallest absolute Gasteiger partial charge is 0.338 e. The minimum Gasteiger partial charge on any atom is -0.494 e. The molecule has 0 saturated heterocycles. The van der Waals surface area contributed by atoms with Crippen LogP contribution in [-0.4, -0.2) is 48.1 Å². The van der Waals surface area contributed by atoms with Crippen molar-refractivity contribution in [1.82, 2.24) is 15.5 Å². The summed E-state index contributed by atoms with van der Waals surface area (Å²) >= 11 is 0. The molecule has 0 radical (unpaired) electrons. The zero-order valence-corrected chi connectivity index (χ0v) is 16.5. The Bertz CT molecular complexity index is 840. The maximum absolute atomic E-state index is 12.8. The number of amides is 3. The van der Waals surface area contributed by atoms with Gasteiger partial charge in [0.25, 0.3) is 0 Å². The summed E-state index contributed by atoms with van der Waals surface area (Å²) in [4.78, 5) is 38.8. The van der Waals surface area contributed by atoms with E-state index in [-0.39, 0.29) is 19.1 Å². The summed E-state index contributed by atoms with van der Waals surface area (Å²) in [6.45, 7) is 7.64. The topological polar surface area (TPSA) is 97.0 Å². The lowest BCUT2D eigenvalue weighted by molar-refractivity contribution is -0.136. The summed E-state index contributed by atoms with van der Waals surface area (Å²) in [7, 11) is 0. The van der Waals surface area contributed by atoms with Crippen molar-refractivity contribution in [1.29, 1.82) is 0 Å². The lowest BCUT2D eigenvalue weighted by atomic mass is 9.95. The monoisotopic (exact) mass is 387 g/mol. The summed E-state index contributed by atoms with van der Waals surface area (Å²) in [5, 5.41) is 5.64. The lowest BCUT2D eigenvalue weighted by Gasteiger charge is -2.33. The number of carbonyl (C=O) groups is 3. The first-order chi connectivity index (χ1) is 13.2. The molecule has 2 heterocycles. The van der Waals surface area contributed by atoms with Crippen LogP contribution < -0.4 is 15.4 Å². The average Bonchev–Trinajstić information content (AvgIpc) is 2.98. The van der Waals surface area contributed by atoms with Crippen LogP contribution in [0.15, 0.2) is 35.5 Å². The van der Waals surface area contributed by atoms with Gasteiger partial charge in [0, 0.05) is 11.1 Å². The van der Waals surface area contributed by atoms with Gasteiger partial charge in [-0.25, -0.2) is 9.59 Å². The van der Waals surface area contributed by atoms with E-state index in [1.54, 1.807) is 12.1 Å². The summed E-state index contributed by atoms with van der Waals surface area (Å²) < 4.78 is 10.8. The van der Waals surface area contributed by atoms with Gasteiger partial charge in [0.15, 0.2) is 0 Å². The first-order valence-electron chi connectivity index (χ1n) is 9.22. The molecule has 0 saturated carbocycles. The van der Waals surface area contributed by atoms with E-state index in [4.69, 9.17) is 9.47 Å². The molecule has 2 aliphatic heterocycles. The molecule has 0 spiro atoms. The molecule has 0 aromatic heterocycles. The molecule has 1 aromatic rings. The van der Waals surface area contributed by atoms with Crippen LogP contribution in [0.25, 0.3) is 0 Å². The fraction of sp³-hybridized carbons (Fsp3) is 0.450. The molecule has 150 valence electrons. The van der Waals surface area contributed by atoms with Gasteiger partial charge in [-0.1, -0.05) is 18.2 Å². The predicted molar refractivity (Wildman–Crippen MR) is 101 cm³/mol. The molecule has 8 nitrogen and oxygen atoms in total. The first kappa shape index (κ1) is 19.7. The van der Waals surface area contributed by atoms with E-state index in [0.717, 1.165) is 0 Å². The van der Waals surface area contributed by atoms with Crippen molar-refractivity contribution in [3.8, 4) is 5.75 Å². The highest BCUT2D eigenvalue weighted by Crippen LogP contribution is 2.38. The predicted octanol–water partition coefficient (Wildman–Crippen LogP) is 1.88. The van der Waals surface area contributed by atoms with Gasteiger partial charge in [-0.05, 0) is 33.8 Å². The number of esters is 1. The molecule has 0 fully saturated rings. The zero-order chi connectivity index (χ0) is 20.5. The average molecular weight is 387 g/mol. The molecule has 8 heteroatoms. The van der Waals surface area contributed by atoms with Gasteiger partial charge >= 0.3 is 12.0 Å². The Morgan fingerprint density at radius 2 is 2.04 bits per heavy atom. The second-order valence-electron chi connectivity index (χ2n) is 7.67. The molecule has 3 amide bonds. The number of nitrogens with one attached hydrogen (secondary N) is 2. The molecular weight excluding hydrogens is 362 g/mol. The molecule has 2 N–H and O–H groups in total. The molecule has 28 heavy (non-hydrogen) atoms. The van der Waals surface area contributed by atoms with Crippen LogP contribution in [0.4, 0.5) is 4.79 Å². The van der Waals surface area contributed by atoms with Gasteiger partial charge < -0.3 is 20.1 Å². The van der Waals surface area contributed by atoms with Crippen molar-refractivity contribution in [2.45, 2.75) is 39.3 Å². The Hall–Kier alpha value is -3.03. The van der Waals surface area contributed by atoms with Gasteiger partial charge in [0.05, 0.1) is 23.9 Å². The minimum atomic E-state index is -0.692. The van der Waals surface area contributed by atoms with Crippen molar-refractivity contribution >= 4 is 17.9 Å². The molecule has 1 atom stereocenters. The Morgan fingerprint density at radius 1 is 1.32 bits per heavy atom. The van der Waals surface area contributed by atoms with Crippen LogP contribution in [0.3, 0.4) is 0 Å². The van der Waals surface area contributed by atoms with E-state index in [2.05, 4.69) is 10.6 Å². The quantitative estimate of drug-likeness (QED) is 0.752. The minimum absolute atomic E-state index is 0.0440. The molecule has 0 bridgehead atoms. The molecular formula is C20H25N3O5. The normalized spacial score (nSPS) is 19.1. The highest BCUT2D eigenvalue weighted by Gasteiger charge is 2.43. The number of cyclic esters (lactones) is 1. The summed E-state index contributed by atoms with van der Waals surface area (Å²) in [5.41, 5.74) is 0.980. The molecule has 0 aliphatic carbocycles. The number of benzene rings is 1. The van der Waals surface area contributed by atoms with E-state index >= 15 is 0 Å². The summed E-state index contributed by atoms with van der Waals surface area (Å²) in [6.07, 6.45) is 0. The van der Waals surface area contributed by atoms with Crippen molar-refractivity contribution < 1.29 is 23.9 Å². The van der Waals surface area contributed by atoms with E-state index in [0.29, 0.717) is 29.2 Å². The summed E-state index contributed by atoms with van der Waals surface area (Å²) in [5.74, 6) is -0.240. The van der Waals surface area contributed by atoms with Gasteiger partial charge in [-0.2, -0.15) is 0 Å². The molecule has 1 unspecified atom stereocenters. The van der Waals surface area contributed by atoms with Gasteiger partial charge in [0.2, 0.25) is 5.91 Å². The number of ether oxygens (including phenoxy) is 2. The summed E-state index contributed by atoms with van der Waals surface area (Å²) in [6, 6.07) is 6.07. The third-order valence-electron chi connectivity index (χ3n) is 4.34. The zero-order valence-electron chi connectivity index (χ0n) is 16.5. The second kappa shape index (κ2) is 7.53.